The number of carboxylic acid groups (broad SMARTS) is 2. The molecule has 0 bridgehead atoms. The zero-order valence-corrected chi connectivity index (χ0v) is 24.0. The average Bonchev–Trinajstić information content (AvgIpc) is 3.39. The molecule has 0 fully saturated rings. The summed E-state index contributed by atoms with van der Waals surface area (Å²) >= 11 is 0. The third kappa shape index (κ3) is 9.81. The van der Waals surface area contributed by atoms with E-state index >= 15 is 0 Å². The fraction of sp³-hybridized carbons (Fsp3) is 0.367. The topological polar surface area (TPSA) is 250 Å². The maximum Gasteiger partial charge on any atom is 0.326 e. The number of unbranched alkanes of at least 4 members (excludes halogenated alkanes) is 1. The molecule has 0 aliphatic rings. The van der Waals surface area contributed by atoms with Gasteiger partial charge in [0, 0.05) is 29.9 Å². The third-order valence-electron chi connectivity index (χ3n) is 7.03. The van der Waals surface area contributed by atoms with E-state index in [-0.39, 0.29) is 25.0 Å². The van der Waals surface area contributed by atoms with Crippen LogP contribution in [-0.4, -0.2) is 80.7 Å². The highest BCUT2D eigenvalue weighted by atomic mass is 16.4. The molecule has 3 rings (SSSR count). The van der Waals surface area contributed by atoms with Crippen LogP contribution in [0.15, 0.2) is 54.7 Å². The summed E-state index contributed by atoms with van der Waals surface area (Å²) in [6.45, 7) is 0.335. The number of benzene rings is 2. The van der Waals surface area contributed by atoms with Crippen LogP contribution in [0.2, 0.25) is 0 Å². The minimum absolute atomic E-state index is 0.0143. The highest BCUT2D eigenvalue weighted by molar-refractivity contribution is 5.95. The summed E-state index contributed by atoms with van der Waals surface area (Å²) in [6.07, 6.45) is 2.02. The number of H-pyrrole nitrogens is 1. The second-order valence-corrected chi connectivity index (χ2v) is 10.4. The van der Waals surface area contributed by atoms with Crippen LogP contribution in [0.3, 0.4) is 0 Å². The lowest BCUT2D eigenvalue weighted by Crippen LogP contribution is -2.58. The number of amides is 3. The molecule has 0 saturated carbocycles. The Balaban J connectivity index is 1.80. The number of phenolic OH excluding ortho intramolecular Hbond substituents is 1. The van der Waals surface area contributed by atoms with Crippen LogP contribution in [0.1, 0.15) is 36.8 Å². The first kappa shape index (κ1) is 33.6. The van der Waals surface area contributed by atoms with Crippen LogP contribution in [0.5, 0.6) is 5.75 Å². The van der Waals surface area contributed by atoms with Crippen molar-refractivity contribution in [3.63, 3.8) is 0 Å². The molecular weight excluding hydrogens is 572 g/mol. The van der Waals surface area contributed by atoms with Crippen molar-refractivity contribution in [2.75, 3.05) is 6.54 Å². The number of carbonyl (C=O) groups is 5. The summed E-state index contributed by atoms with van der Waals surface area (Å²) in [4.78, 5) is 65.8. The summed E-state index contributed by atoms with van der Waals surface area (Å²) < 4.78 is 0. The van der Waals surface area contributed by atoms with E-state index in [1.54, 1.807) is 6.20 Å². The number of rotatable bonds is 17. The van der Waals surface area contributed by atoms with E-state index in [4.69, 9.17) is 16.6 Å². The van der Waals surface area contributed by atoms with E-state index in [0.717, 1.165) is 10.9 Å². The van der Waals surface area contributed by atoms with Gasteiger partial charge in [-0.15, -0.1) is 0 Å². The fourth-order valence-corrected chi connectivity index (χ4v) is 4.66. The number of carbonyl (C=O) groups excluding carboxylic acids is 3. The standard InChI is InChI=1S/C30H38N6O8/c31-12-4-3-7-23(28(41)36-25(30(43)44)14-18-16-33-22-6-2-1-5-20(18)22)34-29(42)24(13-17-8-10-19(37)11-9-17)35-27(40)21(32)15-26(38)39/h1-2,5-6,8-11,16,21,23-25,33,37H,3-4,7,12-15,31-32H2,(H,34,42)(H,35,40)(H,36,41)(H,38,39)(H,43,44). The first-order chi connectivity index (χ1) is 21.0. The van der Waals surface area contributed by atoms with Crippen molar-refractivity contribution in [2.24, 2.45) is 11.5 Å². The summed E-state index contributed by atoms with van der Waals surface area (Å²) in [5, 5.41) is 36.9. The Morgan fingerprint density at radius 2 is 1.43 bits per heavy atom. The van der Waals surface area contributed by atoms with Crippen molar-refractivity contribution >= 4 is 40.6 Å². The van der Waals surface area contributed by atoms with Crippen molar-refractivity contribution in [1.82, 2.24) is 20.9 Å². The molecule has 0 radical (unpaired) electrons. The number of fused-ring (bicyclic) bond motifs is 1. The fourth-order valence-electron chi connectivity index (χ4n) is 4.66. The number of aliphatic carboxylic acids is 2. The minimum atomic E-state index is -1.44. The van der Waals surface area contributed by atoms with Gasteiger partial charge in [-0.25, -0.2) is 4.79 Å². The zero-order valence-electron chi connectivity index (χ0n) is 24.0. The van der Waals surface area contributed by atoms with E-state index in [1.165, 1.54) is 24.3 Å². The minimum Gasteiger partial charge on any atom is -0.508 e. The molecule has 3 aromatic rings. The number of aromatic hydroxyl groups is 1. The second-order valence-electron chi connectivity index (χ2n) is 10.4. The molecule has 0 aliphatic heterocycles. The molecule has 2 aromatic carbocycles. The van der Waals surface area contributed by atoms with Crippen LogP contribution < -0.4 is 27.4 Å². The van der Waals surface area contributed by atoms with E-state index < -0.39 is 60.2 Å². The van der Waals surface area contributed by atoms with Crippen molar-refractivity contribution < 1.29 is 39.3 Å². The molecule has 0 saturated heterocycles. The molecule has 14 nitrogen and oxygen atoms in total. The Morgan fingerprint density at radius 1 is 0.795 bits per heavy atom. The lowest BCUT2D eigenvalue weighted by Gasteiger charge is -2.25. The van der Waals surface area contributed by atoms with Crippen LogP contribution >= 0.6 is 0 Å². The quantitative estimate of drug-likeness (QED) is 0.0934. The molecule has 44 heavy (non-hydrogen) atoms. The summed E-state index contributed by atoms with van der Waals surface area (Å²) in [7, 11) is 0. The van der Waals surface area contributed by atoms with Gasteiger partial charge in [0.25, 0.3) is 0 Å². The Bertz CT molecular complexity index is 1460. The molecule has 11 N–H and O–H groups in total. The maximum absolute atomic E-state index is 13.5. The Morgan fingerprint density at radius 3 is 2.09 bits per heavy atom. The predicted molar refractivity (Wildman–Crippen MR) is 160 cm³/mol. The van der Waals surface area contributed by atoms with Gasteiger partial charge in [-0.3, -0.25) is 19.2 Å². The van der Waals surface area contributed by atoms with Crippen molar-refractivity contribution in [3.8, 4) is 5.75 Å². The van der Waals surface area contributed by atoms with Gasteiger partial charge in [-0.2, -0.15) is 0 Å². The summed E-state index contributed by atoms with van der Waals surface area (Å²) in [5.41, 5.74) is 13.3. The molecular formula is C30H38N6O8. The highest BCUT2D eigenvalue weighted by Gasteiger charge is 2.31. The van der Waals surface area contributed by atoms with Gasteiger partial charge >= 0.3 is 11.9 Å². The smallest absolute Gasteiger partial charge is 0.326 e. The van der Waals surface area contributed by atoms with Gasteiger partial charge in [0.05, 0.1) is 12.5 Å². The Labute approximate surface area is 253 Å². The average molecular weight is 611 g/mol. The number of aromatic amines is 1. The van der Waals surface area contributed by atoms with Gasteiger partial charge in [0.1, 0.15) is 23.9 Å². The van der Waals surface area contributed by atoms with Gasteiger partial charge in [0.2, 0.25) is 17.7 Å². The largest absolute Gasteiger partial charge is 0.508 e. The van der Waals surface area contributed by atoms with E-state index in [0.29, 0.717) is 30.5 Å². The number of hydrogen-bond donors (Lipinski definition) is 9. The zero-order chi connectivity index (χ0) is 32.2. The first-order valence-electron chi connectivity index (χ1n) is 14.1. The number of aromatic nitrogens is 1. The number of nitrogens with two attached hydrogens (primary N) is 2. The number of carboxylic acids is 2. The molecule has 4 atom stereocenters. The van der Waals surface area contributed by atoms with Gasteiger partial charge in [-0.05, 0) is 55.1 Å². The predicted octanol–water partition coefficient (Wildman–Crippen LogP) is 0.129. The normalized spacial score (nSPS) is 13.8. The number of phenols is 1. The number of para-hydroxylation sites is 1. The second kappa shape index (κ2) is 16.0. The Kier molecular flexibility index (Phi) is 12.2. The Hall–Kier alpha value is -4.95. The van der Waals surface area contributed by atoms with Gasteiger partial charge in [-0.1, -0.05) is 30.3 Å². The van der Waals surface area contributed by atoms with E-state index in [9.17, 15) is 34.2 Å². The SMILES string of the molecule is NCCCCC(NC(=O)C(Cc1ccc(O)cc1)NC(=O)C(N)CC(=O)O)C(=O)NC(Cc1c[nH]c2ccccc12)C(=O)O. The molecule has 0 aliphatic carbocycles. The van der Waals surface area contributed by atoms with Gasteiger partial charge < -0.3 is 47.7 Å². The van der Waals surface area contributed by atoms with Crippen molar-refractivity contribution in [3.05, 3.63) is 65.9 Å². The maximum atomic E-state index is 13.5. The molecule has 0 spiro atoms. The summed E-state index contributed by atoms with van der Waals surface area (Å²) in [5.74, 6) is -4.98. The van der Waals surface area contributed by atoms with Crippen LogP contribution in [-0.2, 0) is 36.8 Å². The monoisotopic (exact) mass is 610 g/mol. The molecule has 14 heteroatoms. The van der Waals surface area contributed by atoms with Crippen LogP contribution in [0.4, 0.5) is 0 Å². The van der Waals surface area contributed by atoms with Crippen LogP contribution in [0.25, 0.3) is 10.9 Å². The van der Waals surface area contributed by atoms with Gasteiger partial charge in [0.15, 0.2) is 0 Å². The number of nitrogens with one attached hydrogen (secondary N) is 4. The number of hydrogen-bond acceptors (Lipinski definition) is 8. The third-order valence-corrected chi connectivity index (χ3v) is 7.03. The lowest BCUT2D eigenvalue weighted by atomic mass is 10.0. The van der Waals surface area contributed by atoms with Crippen molar-refractivity contribution in [1.29, 1.82) is 0 Å². The molecule has 236 valence electrons. The molecule has 1 heterocycles. The molecule has 1 aromatic heterocycles. The van der Waals surface area contributed by atoms with E-state index in [2.05, 4.69) is 20.9 Å². The molecule has 3 amide bonds. The van der Waals surface area contributed by atoms with Crippen molar-refractivity contribution in [2.45, 2.75) is 62.7 Å². The van der Waals surface area contributed by atoms with Crippen LogP contribution in [0, 0.1) is 0 Å². The first-order valence-corrected chi connectivity index (χ1v) is 14.1. The lowest BCUT2D eigenvalue weighted by molar-refractivity contribution is -0.142. The molecule has 4 unspecified atom stereocenters. The highest BCUT2D eigenvalue weighted by Crippen LogP contribution is 2.19. The van der Waals surface area contributed by atoms with E-state index in [1.807, 2.05) is 24.3 Å². The summed E-state index contributed by atoms with van der Waals surface area (Å²) in [6, 6.07) is 7.99.